The molecule has 2 nitrogen and oxygen atoms in total. The van der Waals surface area contributed by atoms with E-state index in [0.29, 0.717) is 17.6 Å². The standard InChI is InChI=1S/C23H32O2/c1-5-25-17-10-12-22(3)16(14-17)6-7-18-20-9-8-19(15(2)24)23(20,4)13-11-21(18)22/h6-7,14,19-21H,5,8-13H2,1-4H3/t19-,20?,21?,22-,23-/m1/s1. The number of ether oxygens (including phenoxy) is 1. The predicted octanol–water partition coefficient (Wildman–Crippen LogP) is 5.60. The molecule has 2 unspecified atom stereocenters. The molecule has 0 aromatic heterocycles. The lowest BCUT2D eigenvalue weighted by Gasteiger charge is -2.53. The first-order valence-corrected chi connectivity index (χ1v) is 10.2. The molecular formula is C23H32O2. The second-order valence-electron chi connectivity index (χ2n) is 9.14. The summed E-state index contributed by atoms with van der Waals surface area (Å²) in [6.45, 7) is 9.49. The van der Waals surface area contributed by atoms with Crippen molar-refractivity contribution in [1.82, 2.24) is 0 Å². The van der Waals surface area contributed by atoms with Crippen LogP contribution in [0.1, 0.15) is 66.2 Å². The van der Waals surface area contributed by atoms with Gasteiger partial charge in [-0.05, 0) is 80.3 Å². The van der Waals surface area contributed by atoms with Crippen LogP contribution in [0.4, 0.5) is 0 Å². The predicted molar refractivity (Wildman–Crippen MR) is 101 cm³/mol. The quantitative estimate of drug-likeness (QED) is 0.668. The summed E-state index contributed by atoms with van der Waals surface area (Å²) in [4.78, 5) is 12.2. The summed E-state index contributed by atoms with van der Waals surface area (Å²) in [6, 6.07) is 0. The lowest BCUT2D eigenvalue weighted by molar-refractivity contribution is -0.124. The van der Waals surface area contributed by atoms with Gasteiger partial charge in [-0.2, -0.15) is 0 Å². The van der Waals surface area contributed by atoms with E-state index in [-0.39, 0.29) is 16.7 Å². The average molecular weight is 341 g/mol. The van der Waals surface area contributed by atoms with Crippen LogP contribution in [0, 0.1) is 28.6 Å². The Morgan fingerprint density at radius 3 is 2.68 bits per heavy atom. The number of hydrogen-bond donors (Lipinski definition) is 0. The third-order valence-corrected chi connectivity index (χ3v) is 8.02. The fraction of sp³-hybridized carbons (Fsp3) is 0.696. The number of allylic oxidation sites excluding steroid dienone is 6. The maximum Gasteiger partial charge on any atom is 0.133 e. The first-order chi connectivity index (χ1) is 11.9. The van der Waals surface area contributed by atoms with E-state index < -0.39 is 0 Å². The van der Waals surface area contributed by atoms with E-state index in [1.54, 1.807) is 12.5 Å². The van der Waals surface area contributed by atoms with Crippen molar-refractivity contribution < 1.29 is 9.53 Å². The number of hydrogen-bond acceptors (Lipinski definition) is 2. The monoisotopic (exact) mass is 340 g/mol. The van der Waals surface area contributed by atoms with Crippen molar-refractivity contribution in [3.63, 3.8) is 0 Å². The number of carbonyl (C=O) groups is 1. The van der Waals surface area contributed by atoms with E-state index in [1.165, 1.54) is 31.3 Å². The van der Waals surface area contributed by atoms with E-state index >= 15 is 0 Å². The first-order valence-electron chi connectivity index (χ1n) is 10.2. The lowest BCUT2D eigenvalue weighted by Crippen LogP contribution is -2.45. The van der Waals surface area contributed by atoms with E-state index in [4.69, 9.17) is 4.74 Å². The Morgan fingerprint density at radius 2 is 1.96 bits per heavy atom. The van der Waals surface area contributed by atoms with Crippen LogP contribution in [0.15, 0.2) is 35.1 Å². The average Bonchev–Trinajstić information content (AvgIpc) is 2.93. The van der Waals surface area contributed by atoms with E-state index in [0.717, 1.165) is 25.2 Å². The molecule has 2 saturated carbocycles. The molecule has 0 bridgehead atoms. The summed E-state index contributed by atoms with van der Waals surface area (Å²) in [5, 5.41) is 0. The first kappa shape index (κ1) is 17.1. The van der Waals surface area contributed by atoms with Gasteiger partial charge in [-0.25, -0.2) is 0 Å². The smallest absolute Gasteiger partial charge is 0.133 e. The molecule has 4 aliphatic rings. The molecule has 2 fully saturated rings. The summed E-state index contributed by atoms with van der Waals surface area (Å²) in [6.07, 6.45) is 14.0. The van der Waals surface area contributed by atoms with Crippen molar-refractivity contribution in [1.29, 1.82) is 0 Å². The van der Waals surface area contributed by atoms with Gasteiger partial charge in [0, 0.05) is 12.3 Å². The molecule has 0 spiro atoms. The normalized spacial score (nSPS) is 42.4. The van der Waals surface area contributed by atoms with Crippen molar-refractivity contribution in [3.05, 3.63) is 35.1 Å². The Bertz CT molecular complexity index is 682. The van der Waals surface area contributed by atoms with Gasteiger partial charge in [0.15, 0.2) is 0 Å². The minimum Gasteiger partial charge on any atom is -0.498 e. The van der Waals surface area contributed by atoms with Crippen molar-refractivity contribution >= 4 is 5.78 Å². The summed E-state index contributed by atoms with van der Waals surface area (Å²) < 4.78 is 5.80. The Hall–Kier alpha value is -1.31. The van der Waals surface area contributed by atoms with Crippen molar-refractivity contribution in [2.75, 3.05) is 6.61 Å². The molecule has 4 aliphatic carbocycles. The third kappa shape index (κ3) is 2.39. The third-order valence-electron chi connectivity index (χ3n) is 8.02. The molecule has 0 radical (unpaired) electrons. The van der Waals surface area contributed by atoms with Gasteiger partial charge in [0.1, 0.15) is 5.78 Å². The van der Waals surface area contributed by atoms with Gasteiger partial charge in [0.2, 0.25) is 0 Å². The fourth-order valence-electron chi connectivity index (χ4n) is 6.62. The van der Waals surface area contributed by atoms with Crippen LogP contribution in [0.25, 0.3) is 0 Å². The summed E-state index contributed by atoms with van der Waals surface area (Å²) in [7, 11) is 0. The molecule has 0 N–H and O–H groups in total. The maximum atomic E-state index is 12.2. The number of carbonyl (C=O) groups excluding carboxylic acids is 1. The highest BCUT2D eigenvalue weighted by atomic mass is 16.5. The highest BCUT2D eigenvalue weighted by Gasteiger charge is 2.56. The molecule has 0 aromatic rings. The highest BCUT2D eigenvalue weighted by Crippen LogP contribution is 2.64. The zero-order valence-corrected chi connectivity index (χ0v) is 16.2. The Labute approximate surface area is 152 Å². The molecule has 0 aromatic carbocycles. The Morgan fingerprint density at radius 1 is 1.16 bits per heavy atom. The van der Waals surface area contributed by atoms with Crippen LogP contribution in [-0.2, 0) is 9.53 Å². The van der Waals surface area contributed by atoms with Gasteiger partial charge >= 0.3 is 0 Å². The zero-order valence-electron chi connectivity index (χ0n) is 16.2. The molecule has 0 aliphatic heterocycles. The molecule has 5 atom stereocenters. The molecule has 4 rings (SSSR count). The largest absolute Gasteiger partial charge is 0.498 e. The summed E-state index contributed by atoms with van der Waals surface area (Å²) >= 11 is 0. The maximum absolute atomic E-state index is 12.2. The SMILES string of the molecule is CCOC1=CC2=CC=C3C4CC[C@H](C(C)=O)[C@@]4(C)CCC3[C@]2(C)CC1. The molecular weight excluding hydrogens is 308 g/mol. The summed E-state index contributed by atoms with van der Waals surface area (Å²) in [5.74, 6) is 3.08. The number of rotatable bonds is 3. The van der Waals surface area contributed by atoms with Crippen LogP contribution in [-0.4, -0.2) is 12.4 Å². The van der Waals surface area contributed by atoms with Gasteiger partial charge in [0.25, 0.3) is 0 Å². The van der Waals surface area contributed by atoms with Gasteiger partial charge in [-0.15, -0.1) is 0 Å². The van der Waals surface area contributed by atoms with Crippen LogP contribution in [0.3, 0.4) is 0 Å². The molecule has 0 amide bonds. The van der Waals surface area contributed by atoms with Crippen LogP contribution < -0.4 is 0 Å². The lowest BCUT2D eigenvalue weighted by atomic mass is 9.51. The minimum atomic E-state index is 0.191. The fourth-order valence-corrected chi connectivity index (χ4v) is 6.62. The Balaban J connectivity index is 1.70. The zero-order chi connectivity index (χ0) is 17.8. The minimum absolute atomic E-state index is 0.191. The molecule has 2 heteroatoms. The van der Waals surface area contributed by atoms with Crippen molar-refractivity contribution in [2.45, 2.75) is 66.2 Å². The second kappa shape index (κ2) is 5.86. The van der Waals surface area contributed by atoms with Gasteiger partial charge in [-0.3, -0.25) is 4.79 Å². The van der Waals surface area contributed by atoms with Crippen molar-refractivity contribution in [3.8, 4) is 0 Å². The van der Waals surface area contributed by atoms with Crippen LogP contribution >= 0.6 is 0 Å². The van der Waals surface area contributed by atoms with E-state index in [2.05, 4.69) is 39.0 Å². The number of Topliss-reactive ketones (excluding diaryl/α,β-unsaturated/α-hetero) is 1. The molecule has 25 heavy (non-hydrogen) atoms. The Kier molecular flexibility index (Phi) is 4.01. The van der Waals surface area contributed by atoms with Gasteiger partial charge in [0.05, 0.1) is 12.4 Å². The van der Waals surface area contributed by atoms with E-state index in [9.17, 15) is 4.79 Å². The topological polar surface area (TPSA) is 26.3 Å². The molecule has 136 valence electrons. The molecule has 0 heterocycles. The van der Waals surface area contributed by atoms with Gasteiger partial charge in [-0.1, -0.05) is 31.6 Å². The summed E-state index contributed by atoms with van der Waals surface area (Å²) in [5.41, 5.74) is 3.55. The van der Waals surface area contributed by atoms with Crippen molar-refractivity contribution in [2.24, 2.45) is 28.6 Å². The van der Waals surface area contributed by atoms with Crippen LogP contribution in [0.2, 0.25) is 0 Å². The second-order valence-corrected chi connectivity index (χ2v) is 9.14. The highest BCUT2D eigenvalue weighted by molar-refractivity contribution is 5.79. The molecule has 0 saturated heterocycles. The number of fused-ring (bicyclic) bond motifs is 5. The van der Waals surface area contributed by atoms with E-state index in [1.807, 2.05) is 0 Å². The number of ketones is 1. The van der Waals surface area contributed by atoms with Gasteiger partial charge < -0.3 is 4.74 Å². The van der Waals surface area contributed by atoms with Crippen LogP contribution in [0.5, 0.6) is 0 Å².